The number of halogens is 3. The van der Waals surface area contributed by atoms with Crippen molar-refractivity contribution in [3.8, 4) is 0 Å². The summed E-state index contributed by atoms with van der Waals surface area (Å²) >= 11 is 0. The highest BCUT2D eigenvalue weighted by Gasteiger charge is 2.65. The SMILES string of the molecule is O=C(O)C1CC2(CCNCC2)C(OC(F)(F)CF)(c2ccncn2)N1. The number of hydrogen-bond acceptors (Lipinski definition) is 6. The third kappa shape index (κ3) is 3.09. The summed E-state index contributed by atoms with van der Waals surface area (Å²) in [5.74, 6) is -1.18. The quantitative estimate of drug-likeness (QED) is 0.722. The highest BCUT2D eigenvalue weighted by atomic mass is 19.3. The molecule has 2 aliphatic heterocycles. The van der Waals surface area contributed by atoms with Crippen LogP contribution < -0.4 is 10.6 Å². The van der Waals surface area contributed by atoms with Crippen LogP contribution >= 0.6 is 0 Å². The van der Waals surface area contributed by atoms with Gasteiger partial charge in [-0.05, 0) is 38.4 Å². The molecule has 0 saturated carbocycles. The van der Waals surface area contributed by atoms with Gasteiger partial charge in [0, 0.05) is 11.6 Å². The van der Waals surface area contributed by atoms with Crippen LogP contribution in [0.3, 0.4) is 0 Å². The Kier molecular flexibility index (Phi) is 4.69. The predicted molar refractivity (Wildman–Crippen MR) is 79.4 cm³/mol. The van der Waals surface area contributed by atoms with Gasteiger partial charge in [0.1, 0.15) is 12.4 Å². The lowest BCUT2D eigenvalue weighted by molar-refractivity contribution is -0.337. The molecule has 3 heterocycles. The van der Waals surface area contributed by atoms with E-state index in [-0.39, 0.29) is 12.1 Å². The second-order valence-corrected chi connectivity index (χ2v) is 6.42. The number of piperidine rings is 1. The van der Waals surface area contributed by atoms with Gasteiger partial charge in [-0.15, -0.1) is 0 Å². The minimum atomic E-state index is -4.08. The van der Waals surface area contributed by atoms with Crippen molar-refractivity contribution in [2.75, 3.05) is 19.8 Å². The number of rotatable bonds is 5. The third-order valence-electron chi connectivity index (χ3n) is 4.98. The van der Waals surface area contributed by atoms with Gasteiger partial charge < -0.3 is 10.4 Å². The van der Waals surface area contributed by atoms with E-state index in [0.717, 1.165) is 0 Å². The Morgan fingerprint density at radius 3 is 2.72 bits per heavy atom. The molecule has 2 unspecified atom stereocenters. The first-order valence-electron chi connectivity index (χ1n) is 7.96. The molecule has 138 valence electrons. The van der Waals surface area contributed by atoms with Crippen LogP contribution in [0.25, 0.3) is 0 Å². The maximum absolute atomic E-state index is 14.0. The zero-order valence-electron chi connectivity index (χ0n) is 13.3. The summed E-state index contributed by atoms with van der Waals surface area (Å²) in [5.41, 5.74) is -2.81. The van der Waals surface area contributed by atoms with E-state index < -0.39 is 35.9 Å². The van der Waals surface area contributed by atoms with E-state index >= 15 is 0 Å². The van der Waals surface area contributed by atoms with Crippen molar-refractivity contribution < 1.29 is 27.8 Å². The summed E-state index contributed by atoms with van der Waals surface area (Å²) in [6.45, 7) is -1.01. The Hall–Kier alpha value is -1.78. The molecule has 1 spiro atoms. The Balaban J connectivity index is 2.14. The van der Waals surface area contributed by atoms with E-state index in [1.807, 2.05) is 0 Å². The Morgan fingerprint density at radius 1 is 1.44 bits per heavy atom. The zero-order valence-corrected chi connectivity index (χ0v) is 13.3. The van der Waals surface area contributed by atoms with Gasteiger partial charge in [0.2, 0.25) is 0 Å². The average Bonchev–Trinajstić information content (AvgIpc) is 2.91. The van der Waals surface area contributed by atoms with Gasteiger partial charge in [0.25, 0.3) is 0 Å². The summed E-state index contributed by atoms with van der Waals surface area (Å²) in [4.78, 5) is 19.3. The molecule has 10 heteroatoms. The van der Waals surface area contributed by atoms with Crippen LogP contribution in [-0.4, -0.2) is 53.0 Å². The molecular formula is C15H19F3N4O3. The Morgan fingerprint density at radius 2 is 2.16 bits per heavy atom. The lowest BCUT2D eigenvalue weighted by Gasteiger charge is -2.47. The van der Waals surface area contributed by atoms with Crippen LogP contribution in [0.5, 0.6) is 0 Å². The summed E-state index contributed by atoms with van der Waals surface area (Å²) in [6, 6.07) is 0.276. The van der Waals surface area contributed by atoms with Crippen molar-refractivity contribution >= 4 is 5.97 Å². The summed E-state index contributed by atoms with van der Waals surface area (Å²) in [7, 11) is 0. The smallest absolute Gasteiger partial charge is 0.386 e. The molecule has 25 heavy (non-hydrogen) atoms. The highest BCUT2D eigenvalue weighted by Crippen LogP contribution is 2.55. The molecule has 0 radical (unpaired) electrons. The second kappa shape index (κ2) is 6.50. The standard InChI is InChI=1S/C15H19F3N4O3/c16-8-14(17,18)25-15(11-1-4-20-9-21-11)13(2-5-19-6-3-13)7-10(22-15)12(23)24/h1,4,9-10,19,22H,2-3,5-8H2,(H,23,24). The number of carboxylic acid groups (broad SMARTS) is 1. The van der Waals surface area contributed by atoms with Crippen LogP contribution in [0, 0.1) is 5.41 Å². The lowest BCUT2D eigenvalue weighted by Crippen LogP contribution is -2.59. The number of hydrogen-bond donors (Lipinski definition) is 3. The summed E-state index contributed by atoms with van der Waals surface area (Å²) in [5, 5.41) is 15.2. The van der Waals surface area contributed by atoms with Crippen molar-refractivity contribution in [1.82, 2.24) is 20.6 Å². The molecule has 2 atom stereocenters. The number of nitrogens with one attached hydrogen (secondary N) is 2. The Labute approximate surface area is 142 Å². The normalized spacial score (nSPS) is 29.0. The van der Waals surface area contributed by atoms with Crippen LogP contribution in [-0.2, 0) is 15.3 Å². The van der Waals surface area contributed by atoms with E-state index in [4.69, 9.17) is 4.74 Å². The van der Waals surface area contributed by atoms with E-state index in [1.165, 1.54) is 18.6 Å². The molecule has 0 aromatic carbocycles. The number of nitrogens with zero attached hydrogens (tertiary/aromatic N) is 2. The van der Waals surface area contributed by atoms with Crippen molar-refractivity contribution in [3.63, 3.8) is 0 Å². The largest absolute Gasteiger partial charge is 0.480 e. The maximum Gasteiger partial charge on any atom is 0.386 e. The van der Waals surface area contributed by atoms with E-state index in [0.29, 0.717) is 25.9 Å². The molecule has 0 aliphatic carbocycles. The number of aromatic nitrogens is 2. The number of carbonyl (C=O) groups is 1. The average molecular weight is 360 g/mol. The zero-order chi connectivity index (χ0) is 18.1. The maximum atomic E-state index is 14.0. The van der Waals surface area contributed by atoms with Gasteiger partial charge in [-0.1, -0.05) is 0 Å². The molecule has 3 N–H and O–H groups in total. The lowest BCUT2D eigenvalue weighted by atomic mass is 9.68. The molecule has 1 aromatic heterocycles. The molecule has 1 aromatic rings. The van der Waals surface area contributed by atoms with Crippen LogP contribution in [0.2, 0.25) is 0 Å². The number of alkyl halides is 3. The fourth-order valence-electron chi connectivity index (χ4n) is 3.88. The van der Waals surface area contributed by atoms with Gasteiger partial charge in [-0.25, -0.2) is 14.4 Å². The number of ether oxygens (including phenoxy) is 1. The van der Waals surface area contributed by atoms with Crippen LogP contribution in [0.1, 0.15) is 25.0 Å². The Bertz CT molecular complexity index is 628. The van der Waals surface area contributed by atoms with Crippen LogP contribution in [0.15, 0.2) is 18.6 Å². The first-order valence-corrected chi connectivity index (χ1v) is 7.96. The van der Waals surface area contributed by atoms with Crippen molar-refractivity contribution in [2.24, 2.45) is 5.41 Å². The minimum absolute atomic E-state index is 0.0706. The minimum Gasteiger partial charge on any atom is -0.480 e. The van der Waals surface area contributed by atoms with Gasteiger partial charge in [0.15, 0.2) is 12.4 Å². The second-order valence-electron chi connectivity index (χ2n) is 6.42. The summed E-state index contributed by atoms with van der Waals surface area (Å²) < 4.78 is 45.8. The molecule has 3 rings (SSSR count). The highest BCUT2D eigenvalue weighted by molar-refractivity contribution is 5.74. The summed E-state index contributed by atoms with van der Waals surface area (Å²) in [6.07, 6.45) is -0.712. The number of carboxylic acids is 1. The van der Waals surface area contributed by atoms with Crippen molar-refractivity contribution in [2.45, 2.75) is 37.1 Å². The fourth-order valence-corrected chi connectivity index (χ4v) is 3.88. The van der Waals surface area contributed by atoms with Gasteiger partial charge in [-0.2, -0.15) is 8.78 Å². The van der Waals surface area contributed by atoms with Crippen molar-refractivity contribution in [1.29, 1.82) is 0 Å². The topological polar surface area (TPSA) is 96.4 Å². The van der Waals surface area contributed by atoms with E-state index in [1.54, 1.807) is 0 Å². The molecule has 0 bridgehead atoms. The first kappa shape index (κ1) is 18.0. The monoisotopic (exact) mass is 360 g/mol. The first-order chi connectivity index (χ1) is 11.8. The van der Waals surface area contributed by atoms with E-state index in [9.17, 15) is 23.1 Å². The fraction of sp³-hybridized carbons (Fsp3) is 0.667. The van der Waals surface area contributed by atoms with Gasteiger partial charge in [-0.3, -0.25) is 14.8 Å². The van der Waals surface area contributed by atoms with E-state index in [2.05, 4.69) is 20.6 Å². The number of aliphatic carboxylic acids is 1. The predicted octanol–water partition coefficient (Wildman–Crippen LogP) is 1.02. The molecule has 2 aliphatic rings. The third-order valence-corrected chi connectivity index (χ3v) is 4.98. The molecular weight excluding hydrogens is 341 g/mol. The van der Waals surface area contributed by atoms with Gasteiger partial charge in [0.05, 0.1) is 5.69 Å². The molecule has 0 amide bonds. The molecule has 2 saturated heterocycles. The molecule has 7 nitrogen and oxygen atoms in total. The van der Waals surface area contributed by atoms with Crippen LogP contribution in [0.4, 0.5) is 13.2 Å². The molecule has 2 fully saturated rings. The van der Waals surface area contributed by atoms with Crippen molar-refractivity contribution in [3.05, 3.63) is 24.3 Å². The van der Waals surface area contributed by atoms with Gasteiger partial charge >= 0.3 is 12.1 Å².